The highest BCUT2D eigenvalue weighted by Crippen LogP contribution is 2.39. The van der Waals surface area contributed by atoms with Crippen LogP contribution < -0.4 is 0 Å². The number of fused-ring (bicyclic) bond motifs is 3. The van der Waals surface area contributed by atoms with E-state index in [0.717, 1.165) is 33.3 Å². The average molecular weight is 343 g/mol. The monoisotopic (exact) mass is 343 g/mol. The third-order valence-electron chi connectivity index (χ3n) is 5.21. The van der Waals surface area contributed by atoms with Gasteiger partial charge in [-0.3, -0.25) is 4.79 Å². The number of hydrogen-bond acceptors (Lipinski definition) is 3. The molecule has 1 aliphatic carbocycles. The van der Waals surface area contributed by atoms with Crippen LogP contribution in [0.4, 0.5) is 0 Å². The van der Waals surface area contributed by atoms with E-state index in [9.17, 15) is 9.90 Å². The maximum Gasteiger partial charge on any atom is 0.192 e. The van der Waals surface area contributed by atoms with Gasteiger partial charge in [0.1, 0.15) is 11.9 Å². The van der Waals surface area contributed by atoms with E-state index in [1.165, 1.54) is 0 Å². The van der Waals surface area contributed by atoms with E-state index in [1.807, 2.05) is 67.1 Å². The lowest BCUT2D eigenvalue weighted by atomic mass is 10.0. The molecular weight excluding hydrogens is 326 g/mol. The van der Waals surface area contributed by atoms with Gasteiger partial charge >= 0.3 is 0 Å². The van der Waals surface area contributed by atoms with E-state index < -0.39 is 6.10 Å². The van der Waals surface area contributed by atoms with Gasteiger partial charge in [0.25, 0.3) is 0 Å². The predicted octanol–water partition coefficient (Wildman–Crippen LogP) is 4.55. The topological polar surface area (TPSA) is 55.4 Å². The standard InChI is InChI=1S/C22H17NO3/c1-12-7-19-20(26-12)11-15(23(19)2)10-18-21(24)16-8-13-5-3-4-6-14(13)9-17(16)22(18)25/h3-11,21,24H,1-2H3/b18-10-. The number of Topliss-reactive ketones (excluding diaryl/α,β-unsaturated/α-hetero) is 1. The van der Waals surface area contributed by atoms with E-state index in [2.05, 4.69) is 0 Å². The molecule has 0 bridgehead atoms. The Labute approximate surface area is 150 Å². The Balaban J connectivity index is 1.65. The Morgan fingerprint density at radius 3 is 2.58 bits per heavy atom. The second kappa shape index (κ2) is 5.19. The van der Waals surface area contributed by atoms with E-state index >= 15 is 0 Å². The summed E-state index contributed by atoms with van der Waals surface area (Å²) in [5.41, 5.74) is 4.23. The van der Waals surface area contributed by atoms with Crippen LogP contribution in [0.2, 0.25) is 0 Å². The van der Waals surface area contributed by atoms with Gasteiger partial charge in [0.2, 0.25) is 0 Å². The quantitative estimate of drug-likeness (QED) is 0.516. The number of aryl methyl sites for hydroxylation is 2. The molecule has 0 aliphatic heterocycles. The molecule has 0 saturated heterocycles. The van der Waals surface area contributed by atoms with Crippen molar-refractivity contribution in [2.75, 3.05) is 0 Å². The molecule has 1 atom stereocenters. The van der Waals surface area contributed by atoms with Crippen LogP contribution in [0.15, 0.2) is 58.5 Å². The maximum atomic E-state index is 12.9. The Bertz CT molecular complexity index is 1240. The van der Waals surface area contributed by atoms with Gasteiger partial charge in [-0.1, -0.05) is 24.3 Å². The lowest BCUT2D eigenvalue weighted by Gasteiger charge is -2.06. The van der Waals surface area contributed by atoms with Crippen molar-refractivity contribution in [1.82, 2.24) is 4.57 Å². The molecule has 4 aromatic rings. The number of aromatic nitrogens is 1. The van der Waals surface area contributed by atoms with Crippen LogP contribution in [0.3, 0.4) is 0 Å². The van der Waals surface area contributed by atoms with Crippen LogP contribution in [0.25, 0.3) is 27.9 Å². The van der Waals surface area contributed by atoms with Crippen molar-refractivity contribution >= 4 is 33.7 Å². The van der Waals surface area contributed by atoms with Crippen molar-refractivity contribution in [3.05, 3.63) is 76.7 Å². The number of ketones is 1. The zero-order chi connectivity index (χ0) is 18.0. The molecule has 5 rings (SSSR count). The van der Waals surface area contributed by atoms with E-state index in [4.69, 9.17) is 4.42 Å². The van der Waals surface area contributed by atoms with Gasteiger partial charge in [0, 0.05) is 36.0 Å². The fourth-order valence-electron chi connectivity index (χ4n) is 3.82. The van der Waals surface area contributed by atoms with Crippen molar-refractivity contribution in [2.24, 2.45) is 7.05 Å². The maximum absolute atomic E-state index is 12.9. The summed E-state index contributed by atoms with van der Waals surface area (Å²) in [5.74, 6) is 0.730. The second-order valence-electron chi connectivity index (χ2n) is 6.85. The molecular formula is C22H17NO3. The number of aliphatic hydroxyl groups is 1. The summed E-state index contributed by atoms with van der Waals surface area (Å²) in [6, 6.07) is 15.5. The van der Waals surface area contributed by atoms with Gasteiger partial charge < -0.3 is 14.1 Å². The number of hydrogen-bond donors (Lipinski definition) is 1. The normalized spacial score (nSPS) is 18.3. The predicted molar refractivity (Wildman–Crippen MR) is 101 cm³/mol. The third-order valence-corrected chi connectivity index (χ3v) is 5.21. The summed E-state index contributed by atoms with van der Waals surface area (Å²) in [6.45, 7) is 1.91. The molecule has 0 spiro atoms. The van der Waals surface area contributed by atoms with E-state index in [-0.39, 0.29) is 5.78 Å². The lowest BCUT2D eigenvalue weighted by molar-refractivity contribution is 0.102. The number of nitrogens with zero attached hydrogens (tertiary/aromatic N) is 1. The molecule has 4 heteroatoms. The lowest BCUT2D eigenvalue weighted by Crippen LogP contribution is -2.00. The van der Waals surface area contributed by atoms with Crippen molar-refractivity contribution in [3.8, 4) is 0 Å². The highest BCUT2D eigenvalue weighted by Gasteiger charge is 2.33. The minimum absolute atomic E-state index is 0.118. The fourth-order valence-corrected chi connectivity index (χ4v) is 3.82. The molecule has 4 nitrogen and oxygen atoms in total. The summed E-state index contributed by atoms with van der Waals surface area (Å²) < 4.78 is 7.63. The first-order valence-electron chi connectivity index (χ1n) is 8.56. The highest BCUT2D eigenvalue weighted by molar-refractivity contribution is 6.18. The summed E-state index contributed by atoms with van der Waals surface area (Å²) >= 11 is 0. The fraction of sp³-hybridized carbons (Fsp3) is 0.136. The second-order valence-corrected chi connectivity index (χ2v) is 6.85. The Morgan fingerprint density at radius 2 is 1.85 bits per heavy atom. The van der Waals surface area contributed by atoms with Gasteiger partial charge in [-0.25, -0.2) is 0 Å². The molecule has 0 fully saturated rings. The first-order chi connectivity index (χ1) is 12.5. The number of aliphatic hydroxyl groups excluding tert-OH is 1. The highest BCUT2D eigenvalue weighted by atomic mass is 16.3. The minimum Gasteiger partial charge on any atom is -0.460 e. The molecule has 0 saturated carbocycles. The van der Waals surface area contributed by atoms with Gasteiger partial charge in [-0.15, -0.1) is 0 Å². The SMILES string of the molecule is Cc1cc2c(cc(/C=C3\C(=O)c4cc5ccccc5cc4C3O)n2C)o1. The summed E-state index contributed by atoms with van der Waals surface area (Å²) in [6.07, 6.45) is 0.854. The zero-order valence-electron chi connectivity index (χ0n) is 14.5. The molecule has 0 radical (unpaired) electrons. The van der Waals surface area contributed by atoms with Gasteiger partial charge in [-0.2, -0.15) is 0 Å². The molecule has 1 N–H and O–H groups in total. The van der Waals surface area contributed by atoms with Crippen molar-refractivity contribution in [3.63, 3.8) is 0 Å². The minimum atomic E-state index is -0.912. The molecule has 2 aromatic heterocycles. The Kier molecular flexibility index (Phi) is 3.03. The molecule has 128 valence electrons. The van der Waals surface area contributed by atoms with Crippen molar-refractivity contribution < 1.29 is 14.3 Å². The van der Waals surface area contributed by atoms with Gasteiger partial charge in [-0.05, 0) is 41.5 Å². The molecule has 2 heterocycles. The van der Waals surface area contributed by atoms with Crippen LogP contribution in [0.5, 0.6) is 0 Å². The van der Waals surface area contributed by atoms with Crippen LogP contribution in [0, 0.1) is 6.92 Å². The largest absolute Gasteiger partial charge is 0.460 e. The molecule has 2 aromatic carbocycles. The van der Waals surface area contributed by atoms with Crippen molar-refractivity contribution in [1.29, 1.82) is 0 Å². The Hall–Kier alpha value is -3.11. The van der Waals surface area contributed by atoms with Gasteiger partial charge in [0.15, 0.2) is 11.4 Å². The van der Waals surface area contributed by atoms with Gasteiger partial charge in [0.05, 0.1) is 5.52 Å². The third kappa shape index (κ3) is 2.02. The van der Waals surface area contributed by atoms with E-state index in [0.29, 0.717) is 16.7 Å². The molecule has 1 aliphatic rings. The molecule has 0 amide bonds. The number of carbonyl (C=O) groups excluding carboxylic acids is 1. The number of furan rings is 1. The first kappa shape index (κ1) is 15.2. The summed E-state index contributed by atoms with van der Waals surface area (Å²) in [5, 5.41) is 12.8. The molecule has 26 heavy (non-hydrogen) atoms. The van der Waals surface area contributed by atoms with Crippen LogP contribution in [0.1, 0.15) is 33.5 Å². The smallest absolute Gasteiger partial charge is 0.192 e. The number of rotatable bonds is 1. The molecule has 1 unspecified atom stereocenters. The van der Waals surface area contributed by atoms with Crippen LogP contribution in [-0.2, 0) is 7.05 Å². The first-order valence-corrected chi connectivity index (χ1v) is 8.56. The summed E-state index contributed by atoms with van der Waals surface area (Å²) in [7, 11) is 1.93. The average Bonchev–Trinajstić information content (AvgIpc) is 3.21. The zero-order valence-corrected chi connectivity index (χ0v) is 14.5. The number of carbonyl (C=O) groups is 1. The van der Waals surface area contributed by atoms with Crippen LogP contribution >= 0.6 is 0 Å². The summed E-state index contributed by atoms with van der Waals surface area (Å²) in [4.78, 5) is 12.9. The van der Waals surface area contributed by atoms with Crippen LogP contribution in [-0.4, -0.2) is 15.5 Å². The van der Waals surface area contributed by atoms with E-state index in [1.54, 1.807) is 6.08 Å². The van der Waals surface area contributed by atoms with Crippen molar-refractivity contribution in [2.45, 2.75) is 13.0 Å². The number of benzene rings is 2. The Morgan fingerprint density at radius 1 is 1.12 bits per heavy atom.